The zero-order valence-corrected chi connectivity index (χ0v) is 16.8. The minimum atomic E-state index is -0.337. The highest BCUT2D eigenvalue weighted by atomic mass is 127. The van der Waals surface area contributed by atoms with Gasteiger partial charge in [-0.3, -0.25) is 4.79 Å². The summed E-state index contributed by atoms with van der Waals surface area (Å²) in [5, 5.41) is 7.49. The monoisotopic (exact) mass is 483 g/mol. The molecule has 0 aliphatic rings. The summed E-state index contributed by atoms with van der Waals surface area (Å²) >= 11 is 2.21. The first-order valence-corrected chi connectivity index (χ1v) is 9.66. The van der Waals surface area contributed by atoms with Gasteiger partial charge in [-0.15, -0.1) is 0 Å². The molecule has 1 heterocycles. The molecule has 4 rings (SSSR count). The van der Waals surface area contributed by atoms with Crippen molar-refractivity contribution in [1.82, 2.24) is 9.78 Å². The molecule has 0 radical (unpaired) electrons. The van der Waals surface area contributed by atoms with E-state index in [2.05, 4.69) is 33.0 Å². The molecule has 0 fully saturated rings. The number of hydrogen-bond acceptors (Lipinski definition) is 2. The molecule has 0 aliphatic carbocycles. The molecule has 1 amide bonds. The van der Waals surface area contributed by atoms with Crippen molar-refractivity contribution in [3.05, 3.63) is 100 Å². The van der Waals surface area contributed by atoms with Gasteiger partial charge < -0.3 is 5.32 Å². The third-order valence-electron chi connectivity index (χ3n) is 4.20. The third-order valence-corrected chi connectivity index (χ3v) is 4.92. The first kappa shape index (κ1) is 18.4. The highest BCUT2D eigenvalue weighted by Gasteiger charge is 2.19. The SMILES string of the molecule is O=C(Nc1ccc(I)cc1)c1cn(-c2ccccc2)nc1-c1ccc(F)cc1. The Morgan fingerprint density at radius 2 is 1.61 bits per heavy atom. The summed E-state index contributed by atoms with van der Waals surface area (Å²) < 4.78 is 16.1. The Morgan fingerprint density at radius 1 is 0.929 bits per heavy atom. The maximum absolute atomic E-state index is 13.3. The minimum Gasteiger partial charge on any atom is -0.322 e. The lowest BCUT2D eigenvalue weighted by Gasteiger charge is -2.05. The highest BCUT2D eigenvalue weighted by Crippen LogP contribution is 2.25. The van der Waals surface area contributed by atoms with Gasteiger partial charge in [0.2, 0.25) is 0 Å². The molecule has 3 aromatic carbocycles. The van der Waals surface area contributed by atoms with Crippen LogP contribution in [0.3, 0.4) is 0 Å². The summed E-state index contributed by atoms with van der Waals surface area (Å²) in [6.45, 7) is 0. The maximum Gasteiger partial charge on any atom is 0.259 e. The van der Waals surface area contributed by atoms with E-state index in [0.717, 1.165) is 9.26 Å². The number of benzene rings is 3. The molecule has 1 N–H and O–H groups in total. The molecule has 0 unspecified atom stereocenters. The average molecular weight is 483 g/mol. The Bertz CT molecular complexity index is 1110. The molecule has 28 heavy (non-hydrogen) atoms. The zero-order valence-electron chi connectivity index (χ0n) is 14.6. The smallest absolute Gasteiger partial charge is 0.259 e. The molecule has 0 spiro atoms. The van der Waals surface area contributed by atoms with Crippen molar-refractivity contribution in [1.29, 1.82) is 0 Å². The van der Waals surface area contributed by atoms with Crippen LogP contribution >= 0.6 is 22.6 Å². The van der Waals surface area contributed by atoms with Crippen molar-refractivity contribution in [3.63, 3.8) is 0 Å². The number of anilines is 1. The van der Waals surface area contributed by atoms with Gasteiger partial charge in [-0.2, -0.15) is 5.10 Å². The standard InChI is InChI=1S/C22H15FIN3O/c23-16-8-6-15(7-9-16)21-20(14-27(26-21)19-4-2-1-3-5-19)22(28)25-18-12-10-17(24)11-13-18/h1-14H,(H,25,28). The van der Waals surface area contributed by atoms with Crippen molar-refractivity contribution in [2.75, 3.05) is 5.32 Å². The van der Waals surface area contributed by atoms with E-state index in [1.54, 1.807) is 23.0 Å². The van der Waals surface area contributed by atoms with E-state index in [0.29, 0.717) is 22.5 Å². The minimum absolute atomic E-state index is 0.275. The van der Waals surface area contributed by atoms with Crippen LogP contribution in [-0.4, -0.2) is 15.7 Å². The predicted octanol–water partition coefficient (Wildman–Crippen LogP) is 5.54. The molecule has 0 atom stereocenters. The Labute approximate surface area is 175 Å². The fraction of sp³-hybridized carbons (Fsp3) is 0. The van der Waals surface area contributed by atoms with E-state index in [1.165, 1.54) is 12.1 Å². The lowest BCUT2D eigenvalue weighted by Crippen LogP contribution is -2.12. The first-order chi connectivity index (χ1) is 13.6. The number of para-hydroxylation sites is 1. The number of nitrogens with zero attached hydrogens (tertiary/aromatic N) is 2. The normalized spacial score (nSPS) is 10.6. The predicted molar refractivity (Wildman–Crippen MR) is 116 cm³/mol. The van der Waals surface area contributed by atoms with Gasteiger partial charge in [0.1, 0.15) is 11.5 Å². The average Bonchev–Trinajstić information content (AvgIpc) is 3.17. The molecule has 4 aromatic rings. The van der Waals surface area contributed by atoms with Crippen molar-refractivity contribution in [2.24, 2.45) is 0 Å². The second kappa shape index (κ2) is 7.93. The fourth-order valence-electron chi connectivity index (χ4n) is 2.81. The van der Waals surface area contributed by atoms with Crippen LogP contribution in [0, 0.1) is 9.39 Å². The Hall–Kier alpha value is -3.00. The summed E-state index contributed by atoms with van der Waals surface area (Å²) in [5.41, 5.74) is 3.10. The second-order valence-electron chi connectivity index (χ2n) is 6.14. The van der Waals surface area contributed by atoms with Crippen molar-refractivity contribution in [3.8, 4) is 16.9 Å². The van der Waals surface area contributed by atoms with Crippen LogP contribution in [0.2, 0.25) is 0 Å². The molecule has 6 heteroatoms. The number of carbonyl (C=O) groups excluding carboxylic acids is 1. The van der Waals surface area contributed by atoms with Gasteiger partial charge in [-0.25, -0.2) is 9.07 Å². The van der Waals surface area contributed by atoms with E-state index < -0.39 is 0 Å². The van der Waals surface area contributed by atoms with Crippen LogP contribution in [-0.2, 0) is 0 Å². The highest BCUT2D eigenvalue weighted by molar-refractivity contribution is 14.1. The molecule has 0 bridgehead atoms. The third kappa shape index (κ3) is 3.96. The quantitative estimate of drug-likeness (QED) is 0.388. The topological polar surface area (TPSA) is 46.9 Å². The summed E-state index contributed by atoms with van der Waals surface area (Å²) in [6.07, 6.45) is 1.69. The number of amides is 1. The molecular weight excluding hydrogens is 468 g/mol. The summed E-state index contributed by atoms with van der Waals surface area (Å²) in [4.78, 5) is 13.0. The molecule has 0 aliphatic heterocycles. The van der Waals surface area contributed by atoms with Gasteiger partial charge in [0.15, 0.2) is 0 Å². The van der Waals surface area contributed by atoms with Crippen LogP contribution in [0.4, 0.5) is 10.1 Å². The summed E-state index contributed by atoms with van der Waals surface area (Å²) in [6, 6.07) is 23.0. The lowest BCUT2D eigenvalue weighted by atomic mass is 10.1. The fourth-order valence-corrected chi connectivity index (χ4v) is 3.17. The largest absolute Gasteiger partial charge is 0.322 e. The molecule has 4 nitrogen and oxygen atoms in total. The number of hydrogen-bond donors (Lipinski definition) is 1. The van der Waals surface area contributed by atoms with E-state index in [9.17, 15) is 9.18 Å². The van der Waals surface area contributed by atoms with Gasteiger partial charge in [-0.05, 0) is 83.3 Å². The van der Waals surface area contributed by atoms with E-state index in [4.69, 9.17) is 0 Å². The van der Waals surface area contributed by atoms with Crippen LogP contribution in [0.25, 0.3) is 16.9 Å². The van der Waals surface area contributed by atoms with Crippen LogP contribution in [0.15, 0.2) is 85.1 Å². The van der Waals surface area contributed by atoms with Gasteiger partial charge in [0.05, 0.1) is 11.3 Å². The van der Waals surface area contributed by atoms with E-state index >= 15 is 0 Å². The van der Waals surface area contributed by atoms with Gasteiger partial charge >= 0.3 is 0 Å². The van der Waals surface area contributed by atoms with Crippen LogP contribution in [0.1, 0.15) is 10.4 Å². The number of aromatic nitrogens is 2. The van der Waals surface area contributed by atoms with Crippen LogP contribution in [0.5, 0.6) is 0 Å². The first-order valence-electron chi connectivity index (χ1n) is 8.58. The Morgan fingerprint density at radius 3 is 2.29 bits per heavy atom. The number of rotatable bonds is 4. The Kier molecular flexibility index (Phi) is 5.21. The summed E-state index contributed by atoms with van der Waals surface area (Å²) in [5.74, 6) is -0.612. The van der Waals surface area contributed by atoms with Crippen molar-refractivity contribution in [2.45, 2.75) is 0 Å². The second-order valence-corrected chi connectivity index (χ2v) is 7.39. The lowest BCUT2D eigenvalue weighted by molar-refractivity contribution is 0.102. The number of nitrogens with one attached hydrogen (secondary N) is 1. The van der Waals surface area contributed by atoms with E-state index in [1.807, 2.05) is 54.6 Å². The summed E-state index contributed by atoms with van der Waals surface area (Å²) in [7, 11) is 0. The van der Waals surface area contributed by atoms with Gasteiger partial charge in [-0.1, -0.05) is 18.2 Å². The van der Waals surface area contributed by atoms with Gasteiger partial charge in [0, 0.05) is 21.0 Å². The van der Waals surface area contributed by atoms with E-state index in [-0.39, 0.29) is 11.7 Å². The number of halogens is 2. The molecule has 1 aromatic heterocycles. The zero-order chi connectivity index (χ0) is 19.5. The van der Waals surface area contributed by atoms with Crippen LogP contribution < -0.4 is 5.32 Å². The molecule has 138 valence electrons. The van der Waals surface area contributed by atoms with Crippen molar-refractivity contribution < 1.29 is 9.18 Å². The number of carbonyl (C=O) groups is 1. The molecular formula is C22H15FIN3O. The van der Waals surface area contributed by atoms with Crippen molar-refractivity contribution >= 4 is 34.2 Å². The Balaban J connectivity index is 1.75. The van der Waals surface area contributed by atoms with Gasteiger partial charge in [0.25, 0.3) is 5.91 Å². The maximum atomic E-state index is 13.3. The molecule has 0 saturated heterocycles. The molecule has 0 saturated carbocycles.